The Morgan fingerprint density at radius 2 is 0.939 bits per heavy atom. The highest BCUT2D eigenvalue weighted by Gasteiger charge is 2.78. The first-order valence-corrected chi connectivity index (χ1v) is 11.5. The summed E-state index contributed by atoms with van der Waals surface area (Å²) in [7, 11) is -10.5. The molecule has 0 atom stereocenters. The summed E-state index contributed by atoms with van der Waals surface area (Å²) in [6, 6.07) is 10.0. The molecule has 0 aliphatic heterocycles. The smallest absolute Gasteiger partial charge is 0.207 e. The third-order valence-corrected chi connectivity index (χ3v) is 7.00. The fraction of sp³-hybridized carbons (Fsp3) is 0.294. The summed E-state index contributed by atoms with van der Waals surface area (Å²) in [5.41, 5.74) is 0. The number of hydrogen-bond donors (Lipinski definition) is 2. The van der Waals surface area contributed by atoms with E-state index in [1.165, 1.54) is 12.1 Å². The van der Waals surface area contributed by atoms with Gasteiger partial charge in [-0.3, -0.25) is 0 Å². The summed E-state index contributed by atoms with van der Waals surface area (Å²) >= 11 is 0. The molecule has 0 spiro atoms. The Balaban J connectivity index is 2.61. The lowest BCUT2D eigenvalue weighted by Crippen LogP contribution is -2.69. The SMILES string of the molecule is O=S(=O)(NC(NS(=O)(=O)c1ccccc1)C(F)(F)C(F)(F)C(F)(F)C(F)F)c1ccccc1. The van der Waals surface area contributed by atoms with Crippen molar-refractivity contribution in [3.63, 3.8) is 0 Å². The molecule has 0 fully saturated rings. The van der Waals surface area contributed by atoms with Crippen LogP contribution in [0.3, 0.4) is 0 Å². The third-order valence-electron chi connectivity index (χ3n) is 4.13. The zero-order valence-electron chi connectivity index (χ0n) is 15.9. The second-order valence-electron chi connectivity index (χ2n) is 6.42. The molecule has 0 saturated carbocycles. The number of halogens is 8. The molecule has 6 nitrogen and oxygen atoms in total. The number of sulfonamides is 2. The number of nitrogens with one attached hydrogen (secondary N) is 2. The van der Waals surface area contributed by atoms with Crippen LogP contribution in [0.15, 0.2) is 70.5 Å². The molecule has 16 heteroatoms. The molecule has 0 heterocycles. The molecule has 184 valence electrons. The van der Waals surface area contributed by atoms with E-state index in [2.05, 4.69) is 0 Å². The highest BCUT2D eigenvalue weighted by molar-refractivity contribution is 7.90. The standard InChI is InChI=1S/C17H14F8N2O4S2/c18-13(19)15(20,21)17(24,25)16(22,23)14(26-32(28,29)11-7-3-1-4-8-11)27-33(30,31)12-9-5-2-6-10-12/h1-10,13-14,26-27H. The first-order valence-electron chi connectivity index (χ1n) is 8.53. The number of hydrogen-bond acceptors (Lipinski definition) is 4. The first-order chi connectivity index (χ1) is 15.0. The molecule has 0 aliphatic rings. The van der Waals surface area contributed by atoms with Gasteiger partial charge in [-0.1, -0.05) is 36.4 Å². The quantitative estimate of drug-likeness (QED) is 0.367. The molecule has 0 radical (unpaired) electrons. The Kier molecular flexibility index (Phi) is 7.47. The van der Waals surface area contributed by atoms with E-state index in [1.54, 1.807) is 0 Å². The molecular weight excluding hydrogens is 512 g/mol. The van der Waals surface area contributed by atoms with Gasteiger partial charge in [0.1, 0.15) is 0 Å². The molecule has 2 rings (SSSR count). The van der Waals surface area contributed by atoms with Gasteiger partial charge < -0.3 is 0 Å². The van der Waals surface area contributed by atoms with Crippen LogP contribution in [0.5, 0.6) is 0 Å². The van der Waals surface area contributed by atoms with E-state index < -0.39 is 60.2 Å². The van der Waals surface area contributed by atoms with Gasteiger partial charge >= 0.3 is 24.2 Å². The van der Waals surface area contributed by atoms with Gasteiger partial charge in [-0.15, -0.1) is 0 Å². The van der Waals surface area contributed by atoms with Crippen LogP contribution >= 0.6 is 0 Å². The molecule has 33 heavy (non-hydrogen) atoms. The number of rotatable bonds is 10. The Bertz CT molecular complexity index is 1090. The van der Waals surface area contributed by atoms with E-state index in [9.17, 15) is 52.0 Å². The van der Waals surface area contributed by atoms with E-state index in [0.29, 0.717) is 0 Å². The minimum absolute atomic E-state index is 0.787. The van der Waals surface area contributed by atoms with Gasteiger partial charge in [0.2, 0.25) is 20.0 Å². The highest BCUT2D eigenvalue weighted by Crippen LogP contribution is 2.49. The predicted molar refractivity (Wildman–Crippen MR) is 98.2 cm³/mol. The summed E-state index contributed by atoms with van der Waals surface area (Å²) in [6.45, 7) is 0. The van der Waals surface area contributed by atoms with Crippen molar-refractivity contribution < 1.29 is 52.0 Å². The largest absolute Gasteiger partial charge is 0.380 e. The topological polar surface area (TPSA) is 92.3 Å². The Morgan fingerprint density at radius 1 is 0.606 bits per heavy atom. The summed E-state index contributed by atoms with van der Waals surface area (Å²) in [6.07, 6.45) is -9.30. The third kappa shape index (κ3) is 5.28. The lowest BCUT2D eigenvalue weighted by atomic mass is 10.0. The van der Waals surface area contributed by atoms with Gasteiger partial charge in [-0.2, -0.15) is 35.8 Å². The second kappa shape index (κ2) is 9.15. The van der Waals surface area contributed by atoms with E-state index >= 15 is 0 Å². The molecule has 0 bridgehead atoms. The van der Waals surface area contributed by atoms with Crippen LogP contribution in [-0.4, -0.2) is 47.2 Å². The van der Waals surface area contributed by atoms with Crippen molar-refractivity contribution in [3.8, 4) is 0 Å². The van der Waals surface area contributed by atoms with Gasteiger partial charge in [0.15, 0.2) is 6.17 Å². The Hall–Kier alpha value is -2.30. The molecule has 0 aliphatic carbocycles. The van der Waals surface area contributed by atoms with E-state index in [1.807, 2.05) is 0 Å². The monoisotopic (exact) mass is 526 g/mol. The lowest BCUT2D eigenvalue weighted by molar-refractivity contribution is -0.344. The summed E-state index contributed by atoms with van der Waals surface area (Å²) in [5, 5.41) is 0. The summed E-state index contributed by atoms with van der Waals surface area (Å²) < 4.78 is 160. The minimum atomic E-state index is -6.91. The average Bonchev–Trinajstić information content (AvgIpc) is 2.73. The van der Waals surface area contributed by atoms with Crippen molar-refractivity contribution in [2.24, 2.45) is 0 Å². The van der Waals surface area contributed by atoms with E-state index in [4.69, 9.17) is 0 Å². The van der Waals surface area contributed by atoms with Crippen LogP contribution in [0.25, 0.3) is 0 Å². The minimum Gasteiger partial charge on any atom is -0.207 e. The number of benzene rings is 2. The molecule has 0 aromatic heterocycles. The zero-order valence-corrected chi connectivity index (χ0v) is 17.5. The maximum atomic E-state index is 14.6. The highest BCUT2D eigenvalue weighted by atomic mass is 32.2. The molecule has 2 N–H and O–H groups in total. The van der Waals surface area contributed by atoms with Crippen molar-refractivity contribution in [1.82, 2.24) is 9.44 Å². The van der Waals surface area contributed by atoms with Crippen molar-refractivity contribution in [3.05, 3.63) is 60.7 Å². The molecular formula is C17H14F8N2O4S2. The van der Waals surface area contributed by atoms with Gasteiger partial charge in [0, 0.05) is 0 Å². The van der Waals surface area contributed by atoms with E-state index in [-0.39, 0.29) is 0 Å². The van der Waals surface area contributed by atoms with E-state index in [0.717, 1.165) is 58.0 Å². The van der Waals surface area contributed by atoms with Crippen LogP contribution in [0, 0.1) is 0 Å². The fourth-order valence-electron chi connectivity index (χ4n) is 2.36. The van der Waals surface area contributed by atoms with Crippen molar-refractivity contribution in [2.75, 3.05) is 0 Å². The van der Waals surface area contributed by atoms with Gasteiger partial charge in [0.25, 0.3) is 0 Å². The predicted octanol–water partition coefficient (Wildman–Crippen LogP) is 3.44. The maximum absolute atomic E-state index is 14.6. The van der Waals surface area contributed by atoms with Gasteiger partial charge in [-0.25, -0.2) is 25.6 Å². The molecule has 2 aromatic rings. The lowest BCUT2D eigenvalue weighted by Gasteiger charge is -2.36. The fourth-order valence-corrected chi connectivity index (χ4v) is 4.77. The van der Waals surface area contributed by atoms with Crippen LogP contribution in [0.1, 0.15) is 0 Å². The van der Waals surface area contributed by atoms with Crippen molar-refractivity contribution in [2.45, 2.75) is 40.1 Å². The first kappa shape index (κ1) is 26.9. The van der Waals surface area contributed by atoms with Crippen LogP contribution in [-0.2, 0) is 20.0 Å². The molecule has 0 saturated heterocycles. The zero-order chi connectivity index (χ0) is 25.3. The number of alkyl halides is 8. The average molecular weight is 526 g/mol. The molecule has 0 unspecified atom stereocenters. The van der Waals surface area contributed by atoms with Crippen molar-refractivity contribution >= 4 is 20.0 Å². The Labute approximate surface area is 182 Å². The van der Waals surface area contributed by atoms with Crippen LogP contribution in [0.4, 0.5) is 35.1 Å². The maximum Gasteiger partial charge on any atom is 0.380 e. The second-order valence-corrected chi connectivity index (χ2v) is 9.85. The normalized spacial score (nSPS) is 14.1. The van der Waals surface area contributed by atoms with Gasteiger partial charge in [0.05, 0.1) is 9.79 Å². The molecule has 2 aromatic carbocycles. The Morgan fingerprint density at radius 3 is 1.24 bits per heavy atom. The summed E-state index contributed by atoms with van der Waals surface area (Å²) in [4.78, 5) is -1.68. The van der Waals surface area contributed by atoms with Gasteiger partial charge in [-0.05, 0) is 24.3 Å². The molecule has 0 amide bonds. The van der Waals surface area contributed by atoms with Crippen molar-refractivity contribution in [1.29, 1.82) is 0 Å². The summed E-state index contributed by atoms with van der Waals surface area (Å²) in [5.74, 6) is -20.0. The van der Waals surface area contributed by atoms with Crippen LogP contribution in [0.2, 0.25) is 0 Å². The van der Waals surface area contributed by atoms with Crippen LogP contribution < -0.4 is 9.44 Å².